The van der Waals surface area contributed by atoms with Crippen molar-refractivity contribution >= 4 is 51.9 Å². The Hall–Kier alpha value is -6.19. The lowest BCUT2D eigenvalue weighted by molar-refractivity contribution is -0.393. The van der Waals surface area contributed by atoms with E-state index in [0.717, 1.165) is 18.2 Å². The Bertz CT molecular complexity index is 1960. The van der Waals surface area contributed by atoms with Crippen molar-refractivity contribution in [3.8, 4) is 0 Å². The summed E-state index contributed by atoms with van der Waals surface area (Å²) >= 11 is 0. The fourth-order valence-electron chi connectivity index (χ4n) is 4.84. The Balaban J connectivity index is 1.82. The molecule has 0 spiro atoms. The van der Waals surface area contributed by atoms with Gasteiger partial charge in [-0.2, -0.15) is 0 Å². The first-order valence-corrected chi connectivity index (χ1v) is 15.5. The molecular weight excluding hydrogens is 607 g/mol. The zero-order chi connectivity index (χ0) is 32.7. The molecule has 0 bridgehead atoms. The summed E-state index contributed by atoms with van der Waals surface area (Å²) in [6, 6.07) is 36.1. The van der Waals surface area contributed by atoms with E-state index in [4.69, 9.17) is 0 Å². The molecule has 0 heterocycles. The van der Waals surface area contributed by atoms with Gasteiger partial charge in [0.25, 0.3) is 23.2 Å². The molecule has 0 aliphatic carbocycles. The van der Waals surface area contributed by atoms with E-state index in [9.17, 15) is 29.8 Å². The number of carbonyl (C=O) groups excluding carboxylic acids is 2. The molecule has 0 atom stereocenters. The summed E-state index contributed by atoms with van der Waals surface area (Å²) in [5.74, 6) is -1.74. The second-order valence-electron chi connectivity index (χ2n) is 9.86. The normalized spacial score (nSPS) is 11.6. The van der Waals surface area contributed by atoms with Crippen LogP contribution in [0.2, 0.25) is 0 Å². The van der Waals surface area contributed by atoms with Gasteiger partial charge in [-0.1, -0.05) is 109 Å². The minimum Gasteiger partial charge on any atom is -0.317 e. The summed E-state index contributed by atoms with van der Waals surface area (Å²) in [7, 11) is -3.99. The molecular formula is C34H25N4O7P. The van der Waals surface area contributed by atoms with Gasteiger partial charge in [0.2, 0.25) is 0 Å². The first kappa shape index (κ1) is 31.2. The summed E-state index contributed by atoms with van der Waals surface area (Å²) < 4.78 is 15.8. The lowest BCUT2D eigenvalue weighted by Gasteiger charge is -2.26. The molecule has 12 heteroatoms. The highest BCUT2D eigenvalue weighted by atomic mass is 31.2. The second-order valence-corrected chi connectivity index (χ2v) is 12.6. The third-order valence-electron chi connectivity index (χ3n) is 6.98. The molecule has 0 saturated carbocycles. The molecule has 2 amide bonds. The Morgan fingerprint density at radius 1 is 0.609 bits per heavy atom. The summed E-state index contributed by atoms with van der Waals surface area (Å²) in [4.78, 5) is 49.5. The number of nitro groups is 2. The first-order chi connectivity index (χ1) is 22.2. The summed E-state index contributed by atoms with van der Waals surface area (Å²) in [5, 5.41) is 29.0. The van der Waals surface area contributed by atoms with Crippen LogP contribution in [0.5, 0.6) is 0 Å². The monoisotopic (exact) mass is 632 g/mol. The van der Waals surface area contributed by atoms with Gasteiger partial charge in [0, 0.05) is 22.2 Å². The van der Waals surface area contributed by atoms with Gasteiger partial charge in [-0.05, 0) is 23.8 Å². The highest BCUT2D eigenvalue weighted by Gasteiger charge is 2.38. The van der Waals surface area contributed by atoms with Crippen molar-refractivity contribution < 1.29 is 24.0 Å². The van der Waals surface area contributed by atoms with Crippen molar-refractivity contribution in [1.82, 2.24) is 5.32 Å². The Labute approximate surface area is 262 Å². The van der Waals surface area contributed by atoms with E-state index in [-0.39, 0.29) is 16.6 Å². The van der Waals surface area contributed by atoms with Crippen LogP contribution in [0.25, 0.3) is 5.31 Å². The molecule has 11 nitrogen and oxygen atoms in total. The molecule has 0 radical (unpaired) electrons. The molecule has 0 unspecified atom stereocenters. The topological polar surface area (TPSA) is 162 Å². The SMILES string of the molecule is O=C(Nc1ccc([N+](=O)[O-])cc1[N+](=O)[O-])/C(NC(=O)c1ccccc1)=C(\c1ccccc1)P(=O)(c1ccccc1)c1ccccc1. The number of rotatable bonds is 10. The van der Waals surface area contributed by atoms with Crippen LogP contribution in [0.3, 0.4) is 0 Å². The maximum absolute atomic E-state index is 15.8. The molecule has 46 heavy (non-hydrogen) atoms. The Morgan fingerprint density at radius 2 is 1.09 bits per heavy atom. The van der Waals surface area contributed by atoms with Gasteiger partial charge < -0.3 is 15.2 Å². The van der Waals surface area contributed by atoms with Gasteiger partial charge in [0.05, 0.1) is 21.2 Å². The number of nitro benzene ring substituents is 2. The van der Waals surface area contributed by atoms with Crippen molar-refractivity contribution in [2.45, 2.75) is 0 Å². The minimum absolute atomic E-state index is 0.0307. The molecule has 0 aromatic heterocycles. The fraction of sp³-hybridized carbons (Fsp3) is 0. The predicted octanol–water partition coefficient (Wildman–Crippen LogP) is 6.25. The van der Waals surface area contributed by atoms with Crippen molar-refractivity contribution in [2.75, 3.05) is 5.32 Å². The van der Waals surface area contributed by atoms with Crippen LogP contribution < -0.4 is 21.2 Å². The number of carbonyl (C=O) groups is 2. The van der Waals surface area contributed by atoms with Crippen molar-refractivity contribution in [3.63, 3.8) is 0 Å². The van der Waals surface area contributed by atoms with Gasteiger partial charge in [-0.3, -0.25) is 29.8 Å². The lowest BCUT2D eigenvalue weighted by Crippen LogP contribution is -2.33. The quantitative estimate of drug-likeness (QED) is 0.0795. The van der Waals surface area contributed by atoms with Crippen LogP contribution in [-0.2, 0) is 9.36 Å². The van der Waals surface area contributed by atoms with Gasteiger partial charge in [0.15, 0.2) is 7.14 Å². The number of non-ortho nitro benzene ring substituents is 1. The van der Waals surface area contributed by atoms with E-state index in [1.165, 1.54) is 12.1 Å². The third-order valence-corrected chi connectivity index (χ3v) is 10.1. The lowest BCUT2D eigenvalue weighted by atomic mass is 10.1. The molecule has 0 aliphatic heterocycles. The van der Waals surface area contributed by atoms with Crippen LogP contribution in [0.4, 0.5) is 17.1 Å². The van der Waals surface area contributed by atoms with Crippen molar-refractivity contribution in [1.29, 1.82) is 0 Å². The van der Waals surface area contributed by atoms with E-state index in [1.807, 2.05) is 0 Å². The highest BCUT2D eigenvalue weighted by Crippen LogP contribution is 2.57. The van der Waals surface area contributed by atoms with Gasteiger partial charge >= 0.3 is 0 Å². The molecule has 0 saturated heterocycles. The number of anilines is 1. The Kier molecular flexibility index (Phi) is 9.25. The standard InChI is InChI=1S/C34H25N4O7P/c39-33(25-15-7-2-8-16-25)36-31(34(40)35-29-22-21-26(37(41)42)23-30(29)38(43)44)32(24-13-5-1-6-14-24)46(45,27-17-9-3-10-18-27)28-19-11-4-12-20-28/h1-23H,(H,35,40)(H,36,39)/b32-31-. The summed E-state index contributed by atoms with van der Waals surface area (Å²) in [6.07, 6.45) is 0. The average Bonchev–Trinajstić information content (AvgIpc) is 3.09. The maximum Gasteiger partial charge on any atom is 0.299 e. The molecule has 2 N–H and O–H groups in total. The third kappa shape index (κ3) is 6.50. The van der Waals surface area contributed by atoms with Gasteiger partial charge in [-0.25, -0.2) is 0 Å². The molecule has 5 aromatic rings. The number of nitrogens with zero attached hydrogens (tertiary/aromatic N) is 2. The summed E-state index contributed by atoms with van der Waals surface area (Å²) in [5.41, 5.74) is -1.56. The van der Waals surface area contributed by atoms with Gasteiger partial charge in [0.1, 0.15) is 11.4 Å². The van der Waals surface area contributed by atoms with E-state index in [1.54, 1.807) is 109 Å². The van der Waals surface area contributed by atoms with E-state index >= 15 is 4.57 Å². The zero-order valence-corrected chi connectivity index (χ0v) is 24.9. The van der Waals surface area contributed by atoms with Gasteiger partial charge in [-0.15, -0.1) is 0 Å². The molecule has 0 aliphatic rings. The van der Waals surface area contributed by atoms with E-state index in [2.05, 4.69) is 10.6 Å². The second kappa shape index (κ2) is 13.6. The largest absolute Gasteiger partial charge is 0.317 e. The smallest absolute Gasteiger partial charge is 0.299 e. The van der Waals surface area contributed by atoms with E-state index in [0.29, 0.717) is 16.2 Å². The first-order valence-electron chi connectivity index (χ1n) is 13.8. The van der Waals surface area contributed by atoms with Crippen molar-refractivity contribution in [3.05, 3.63) is 177 Å². The maximum atomic E-state index is 15.8. The predicted molar refractivity (Wildman–Crippen MR) is 175 cm³/mol. The van der Waals surface area contributed by atoms with Crippen LogP contribution in [0.15, 0.2) is 145 Å². The number of hydrogen-bond donors (Lipinski definition) is 2. The van der Waals surface area contributed by atoms with Crippen LogP contribution >= 0.6 is 7.14 Å². The fourth-order valence-corrected chi connectivity index (χ4v) is 7.82. The molecule has 5 aromatic carbocycles. The highest BCUT2D eigenvalue weighted by molar-refractivity contribution is 7.87. The summed E-state index contributed by atoms with van der Waals surface area (Å²) in [6.45, 7) is 0. The number of hydrogen-bond acceptors (Lipinski definition) is 7. The van der Waals surface area contributed by atoms with Crippen LogP contribution in [-0.4, -0.2) is 21.7 Å². The minimum atomic E-state index is -3.99. The van der Waals surface area contributed by atoms with Crippen LogP contribution in [0, 0.1) is 20.2 Å². The van der Waals surface area contributed by atoms with E-state index < -0.39 is 45.9 Å². The molecule has 5 rings (SSSR count). The number of amides is 2. The zero-order valence-electron chi connectivity index (χ0n) is 24.0. The Morgan fingerprint density at radius 3 is 1.57 bits per heavy atom. The average molecular weight is 633 g/mol. The molecule has 228 valence electrons. The number of nitrogens with one attached hydrogen (secondary N) is 2. The van der Waals surface area contributed by atoms with Crippen molar-refractivity contribution in [2.24, 2.45) is 0 Å². The van der Waals surface area contributed by atoms with Crippen LogP contribution in [0.1, 0.15) is 15.9 Å². The molecule has 0 fully saturated rings. The number of benzene rings is 5.